The van der Waals surface area contributed by atoms with E-state index in [9.17, 15) is 4.79 Å². The number of fused-ring (bicyclic) bond motifs is 2. The van der Waals surface area contributed by atoms with E-state index in [2.05, 4.69) is 53.5 Å². The van der Waals surface area contributed by atoms with Gasteiger partial charge in [-0.25, -0.2) is 9.97 Å². The van der Waals surface area contributed by atoms with Gasteiger partial charge in [-0.1, -0.05) is 39.0 Å². The fraction of sp³-hybridized carbons (Fsp3) is 0.464. The Bertz CT molecular complexity index is 1170. The van der Waals surface area contributed by atoms with Crippen molar-refractivity contribution in [2.45, 2.75) is 47.0 Å². The van der Waals surface area contributed by atoms with Crippen molar-refractivity contribution in [2.75, 3.05) is 11.9 Å². The summed E-state index contributed by atoms with van der Waals surface area (Å²) in [5.74, 6) is 3.78. The molecule has 5 nitrogen and oxygen atoms in total. The highest BCUT2D eigenvalue weighted by molar-refractivity contribution is 7.15. The molecule has 0 unspecified atom stereocenters. The van der Waals surface area contributed by atoms with Gasteiger partial charge in [0.1, 0.15) is 5.82 Å². The zero-order valence-electron chi connectivity index (χ0n) is 20.5. The molecule has 1 amide bonds. The number of hydrogen-bond acceptors (Lipinski definition) is 5. The van der Waals surface area contributed by atoms with Gasteiger partial charge in [-0.3, -0.25) is 4.79 Å². The number of benzene rings is 1. The van der Waals surface area contributed by atoms with E-state index in [0.29, 0.717) is 11.3 Å². The van der Waals surface area contributed by atoms with Crippen LogP contribution >= 0.6 is 11.3 Å². The summed E-state index contributed by atoms with van der Waals surface area (Å²) >= 11 is 1.61. The second kappa shape index (κ2) is 9.14. The van der Waals surface area contributed by atoms with Gasteiger partial charge in [0.15, 0.2) is 5.13 Å². The fourth-order valence-corrected chi connectivity index (χ4v) is 7.60. The van der Waals surface area contributed by atoms with Gasteiger partial charge in [0.05, 0.1) is 0 Å². The van der Waals surface area contributed by atoms with Crippen molar-refractivity contribution in [3.05, 3.63) is 70.4 Å². The number of rotatable bonds is 7. The highest BCUT2D eigenvalue weighted by atomic mass is 32.1. The van der Waals surface area contributed by atoms with Gasteiger partial charge in [-0.2, -0.15) is 0 Å². The minimum atomic E-state index is 0.0491. The molecular formula is C28H34N4OS. The Morgan fingerprint density at radius 1 is 1.18 bits per heavy atom. The SMILES string of the molecule is Cc1ccc(Cc2cnc(Nc3ccccn3)s2)cc1C(=O)NC[C@@H]1CC[C@H]2[C@H](C)[C@@H]1C2(C)C. The number of carbonyl (C=O) groups is 1. The molecule has 2 N–H and O–H groups in total. The van der Waals surface area contributed by atoms with E-state index >= 15 is 0 Å². The molecule has 178 valence electrons. The molecule has 2 heterocycles. The lowest BCUT2D eigenvalue weighted by molar-refractivity contribution is -0.160. The first-order valence-electron chi connectivity index (χ1n) is 12.3. The van der Waals surface area contributed by atoms with Crippen LogP contribution in [0.5, 0.6) is 0 Å². The second-order valence-electron chi connectivity index (χ2n) is 10.7. The van der Waals surface area contributed by atoms with E-state index in [1.54, 1.807) is 17.5 Å². The van der Waals surface area contributed by atoms with Crippen LogP contribution in [0.2, 0.25) is 0 Å². The van der Waals surface area contributed by atoms with E-state index in [1.807, 2.05) is 37.4 Å². The molecule has 3 saturated carbocycles. The number of pyridine rings is 1. The van der Waals surface area contributed by atoms with Crippen molar-refractivity contribution < 1.29 is 4.79 Å². The van der Waals surface area contributed by atoms with Gasteiger partial charge in [-0.05, 0) is 78.2 Å². The summed E-state index contributed by atoms with van der Waals surface area (Å²) in [7, 11) is 0. The third-order valence-corrected chi connectivity index (χ3v) is 9.19. The summed E-state index contributed by atoms with van der Waals surface area (Å²) in [5.41, 5.74) is 3.34. The molecule has 3 aliphatic rings. The standard InChI is InChI=1S/C28H34N4OS/c1-17-8-9-19(13-21-16-31-27(34-21)32-24-7-5-6-12-29-24)14-22(17)26(33)30-15-20-10-11-23-18(2)25(20)28(23,3)4/h5-9,12,14,16,18,20,23,25H,10-11,13,15H2,1-4H3,(H,30,33)(H,29,31,32)/t18-,20-,23-,25-/m0/s1. The van der Waals surface area contributed by atoms with Crippen LogP contribution in [-0.2, 0) is 6.42 Å². The Morgan fingerprint density at radius 3 is 2.76 bits per heavy atom. The summed E-state index contributed by atoms with van der Waals surface area (Å²) in [6.45, 7) is 10.0. The molecule has 2 bridgehead atoms. The van der Waals surface area contributed by atoms with E-state index < -0.39 is 0 Å². The minimum absolute atomic E-state index is 0.0491. The van der Waals surface area contributed by atoms with Crippen LogP contribution in [0, 0.1) is 36.0 Å². The molecule has 34 heavy (non-hydrogen) atoms. The van der Waals surface area contributed by atoms with Crippen molar-refractivity contribution in [1.29, 1.82) is 0 Å². The molecule has 4 atom stereocenters. The zero-order valence-corrected chi connectivity index (χ0v) is 21.3. The lowest BCUT2D eigenvalue weighted by Gasteiger charge is -2.65. The highest BCUT2D eigenvalue weighted by Gasteiger charge is 2.58. The first-order valence-corrected chi connectivity index (χ1v) is 13.1. The molecule has 3 fully saturated rings. The molecule has 3 aromatic rings. The summed E-state index contributed by atoms with van der Waals surface area (Å²) in [5, 5.41) is 7.35. The van der Waals surface area contributed by atoms with Gasteiger partial charge in [-0.15, -0.1) is 11.3 Å². The lowest BCUT2D eigenvalue weighted by atomic mass is 9.40. The van der Waals surface area contributed by atoms with Gasteiger partial charge < -0.3 is 10.6 Å². The van der Waals surface area contributed by atoms with Crippen LogP contribution in [0.25, 0.3) is 0 Å². The Kier molecular flexibility index (Phi) is 6.19. The quantitative estimate of drug-likeness (QED) is 0.426. The van der Waals surface area contributed by atoms with E-state index in [1.165, 1.54) is 12.8 Å². The van der Waals surface area contributed by atoms with Crippen LogP contribution in [0.4, 0.5) is 10.9 Å². The van der Waals surface area contributed by atoms with Gasteiger partial charge in [0, 0.05) is 35.8 Å². The summed E-state index contributed by atoms with van der Waals surface area (Å²) in [6, 6.07) is 12.0. The maximum Gasteiger partial charge on any atom is 0.251 e. The summed E-state index contributed by atoms with van der Waals surface area (Å²) in [4.78, 5) is 23.1. The van der Waals surface area contributed by atoms with Crippen molar-refractivity contribution in [3.63, 3.8) is 0 Å². The molecular weight excluding hydrogens is 440 g/mol. The summed E-state index contributed by atoms with van der Waals surface area (Å²) < 4.78 is 0. The fourth-order valence-electron chi connectivity index (χ4n) is 6.75. The molecule has 0 spiro atoms. The topological polar surface area (TPSA) is 66.9 Å². The second-order valence-corrected chi connectivity index (χ2v) is 11.8. The lowest BCUT2D eigenvalue weighted by Crippen LogP contribution is -2.60. The minimum Gasteiger partial charge on any atom is -0.352 e. The number of carbonyl (C=O) groups excluding carboxylic acids is 1. The maximum absolute atomic E-state index is 13.1. The number of amides is 1. The zero-order chi connectivity index (χ0) is 23.9. The molecule has 6 heteroatoms. The highest BCUT2D eigenvalue weighted by Crippen LogP contribution is 2.64. The van der Waals surface area contributed by atoms with Crippen molar-refractivity contribution in [1.82, 2.24) is 15.3 Å². The molecule has 0 aliphatic heterocycles. The van der Waals surface area contributed by atoms with E-state index in [-0.39, 0.29) is 5.91 Å². The maximum atomic E-state index is 13.1. The third kappa shape index (κ3) is 4.36. The average molecular weight is 475 g/mol. The largest absolute Gasteiger partial charge is 0.352 e. The van der Waals surface area contributed by atoms with E-state index in [4.69, 9.17) is 0 Å². The molecule has 0 saturated heterocycles. The predicted molar refractivity (Wildman–Crippen MR) is 139 cm³/mol. The number of thiazole rings is 1. The number of anilines is 2. The molecule has 3 aliphatic carbocycles. The Balaban J connectivity index is 1.22. The van der Waals surface area contributed by atoms with Crippen molar-refractivity contribution in [2.24, 2.45) is 29.1 Å². The monoisotopic (exact) mass is 474 g/mol. The third-order valence-electron chi connectivity index (χ3n) is 8.28. The van der Waals surface area contributed by atoms with Crippen molar-refractivity contribution >= 4 is 28.2 Å². The normalized spacial score (nSPS) is 24.8. The average Bonchev–Trinajstić information content (AvgIpc) is 3.26. The number of aryl methyl sites for hydroxylation is 1. The Labute approximate surface area is 206 Å². The molecule has 2 aromatic heterocycles. The molecule has 1 aromatic carbocycles. The number of hydrogen-bond donors (Lipinski definition) is 2. The van der Waals surface area contributed by atoms with Gasteiger partial charge in [0.25, 0.3) is 5.91 Å². The van der Waals surface area contributed by atoms with Crippen LogP contribution in [0.15, 0.2) is 48.8 Å². The van der Waals surface area contributed by atoms with E-state index in [0.717, 1.165) is 63.2 Å². The van der Waals surface area contributed by atoms with Crippen LogP contribution in [0.1, 0.15) is 60.0 Å². The van der Waals surface area contributed by atoms with Gasteiger partial charge in [0.2, 0.25) is 0 Å². The molecule has 6 rings (SSSR count). The van der Waals surface area contributed by atoms with Gasteiger partial charge >= 0.3 is 0 Å². The molecule has 0 radical (unpaired) electrons. The smallest absolute Gasteiger partial charge is 0.251 e. The van der Waals surface area contributed by atoms with Crippen LogP contribution < -0.4 is 10.6 Å². The summed E-state index contributed by atoms with van der Waals surface area (Å²) in [6.07, 6.45) is 6.94. The Morgan fingerprint density at radius 2 is 2.03 bits per heavy atom. The van der Waals surface area contributed by atoms with Crippen molar-refractivity contribution in [3.8, 4) is 0 Å². The van der Waals surface area contributed by atoms with Crippen LogP contribution in [0.3, 0.4) is 0 Å². The Hall–Kier alpha value is -2.73. The first kappa shape index (κ1) is 23.0. The van der Waals surface area contributed by atoms with Crippen LogP contribution in [-0.4, -0.2) is 22.4 Å². The predicted octanol–water partition coefficient (Wildman–Crippen LogP) is 6.23. The first-order chi connectivity index (χ1) is 16.3. The number of aromatic nitrogens is 2. The number of nitrogens with one attached hydrogen (secondary N) is 2. The number of nitrogens with zero attached hydrogens (tertiary/aromatic N) is 2.